The summed E-state index contributed by atoms with van der Waals surface area (Å²) in [4.78, 5) is 32.7. The molecule has 0 aliphatic carbocycles. The lowest BCUT2D eigenvalue weighted by atomic mass is 9.96. The molecular weight excluding hydrogens is 650 g/mol. The van der Waals surface area contributed by atoms with Crippen molar-refractivity contribution in [3.8, 4) is 0 Å². The van der Waals surface area contributed by atoms with E-state index in [1.54, 1.807) is 13.0 Å². The highest BCUT2D eigenvalue weighted by Gasteiger charge is 2.44. The second-order valence-corrected chi connectivity index (χ2v) is 15.6. The Hall–Kier alpha value is -3.40. The van der Waals surface area contributed by atoms with Crippen LogP contribution in [0.3, 0.4) is 0 Å². The topological polar surface area (TPSA) is 159 Å². The van der Waals surface area contributed by atoms with Gasteiger partial charge in [0.1, 0.15) is 12.0 Å². The number of anilines is 1. The number of nitrogens with zero attached hydrogens (tertiary/aromatic N) is 3. The van der Waals surface area contributed by atoms with Gasteiger partial charge in [-0.25, -0.2) is 13.2 Å². The lowest BCUT2D eigenvalue weighted by molar-refractivity contribution is -0.115. The maximum atomic E-state index is 14.3. The van der Waals surface area contributed by atoms with Crippen molar-refractivity contribution >= 4 is 33.4 Å². The fourth-order valence-corrected chi connectivity index (χ4v) is 8.17. The van der Waals surface area contributed by atoms with E-state index in [0.717, 1.165) is 12.0 Å². The van der Waals surface area contributed by atoms with Crippen molar-refractivity contribution in [2.75, 3.05) is 58.8 Å². The lowest BCUT2D eigenvalue weighted by Crippen LogP contribution is -2.51. The highest BCUT2D eigenvalue weighted by Crippen LogP contribution is 2.36. The molecule has 2 amide bonds. The third kappa shape index (κ3) is 9.04. The van der Waals surface area contributed by atoms with Crippen LogP contribution in [0.5, 0.6) is 0 Å². The number of fused-ring (bicyclic) bond motifs is 2. The van der Waals surface area contributed by atoms with Crippen LogP contribution in [0.15, 0.2) is 58.4 Å². The molecule has 3 N–H and O–H groups in total. The monoisotopic (exact) mass is 699 g/mol. The second-order valence-electron chi connectivity index (χ2n) is 13.7. The molecule has 3 aliphatic rings. The fraction of sp³-hybridized carbons (Fsp3) is 0.571. The summed E-state index contributed by atoms with van der Waals surface area (Å²) in [5.41, 5.74) is 2.53. The maximum Gasteiger partial charge on any atom is 0.407 e. The van der Waals surface area contributed by atoms with Gasteiger partial charge < -0.3 is 34.9 Å². The molecule has 0 saturated carbocycles. The van der Waals surface area contributed by atoms with Crippen LogP contribution in [0.1, 0.15) is 44.2 Å². The Morgan fingerprint density at radius 3 is 2.61 bits per heavy atom. The number of benzene rings is 2. The Morgan fingerprint density at radius 1 is 1.14 bits per heavy atom. The number of carbonyl (C=O) groups excluding carboxylic acids is 2. The summed E-state index contributed by atoms with van der Waals surface area (Å²) >= 11 is 0. The van der Waals surface area contributed by atoms with E-state index >= 15 is 0 Å². The van der Waals surface area contributed by atoms with E-state index in [2.05, 4.69) is 15.6 Å². The van der Waals surface area contributed by atoms with E-state index in [-0.39, 0.29) is 55.0 Å². The zero-order valence-electron chi connectivity index (χ0n) is 28.9. The van der Waals surface area contributed by atoms with Crippen molar-refractivity contribution in [1.82, 2.24) is 14.5 Å². The summed E-state index contributed by atoms with van der Waals surface area (Å²) in [5.74, 6) is -1.10. The number of aliphatic hydroxyl groups excluding tert-OH is 1. The molecule has 2 saturated heterocycles. The molecule has 6 atom stereocenters. The van der Waals surface area contributed by atoms with Crippen molar-refractivity contribution in [3.05, 3.63) is 59.7 Å². The van der Waals surface area contributed by atoms with Gasteiger partial charge in [0.2, 0.25) is 15.9 Å². The van der Waals surface area contributed by atoms with Gasteiger partial charge in [-0.3, -0.25) is 9.79 Å². The zero-order valence-corrected chi connectivity index (χ0v) is 29.7. The largest absolute Gasteiger partial charge is 0.443 e. The maximum absolute atomic E-state index is 14.3. The van der Waals surface area contributed by atoms with Gasteiger partial charge in [-0.15, -0.1) is 0 Å². The number of rotatable bonds is 15. The molecule has 49 heavy (non-hydrogen) atoms. The van der Waals surface area contributed by atoms with Crippen molar-refractivity contribution in [1.29, 1.82) is 0 Å². The quantitative estimate of drug-likeness (QED) is 0.238. The third-order valence-corrected chi connectivity index (χ3v) is 10.9. The van der Waals surface area contributed by atoms with Gasteiger partial charge in [-0.05, 0) is 69.1 Å². The Bertz CT molecular complexity index is 1600. The summed E-state index contributed by atoms with van der Waals surface area (Å²) in [6.45, 7) is 7.37. The van der Waals surface area contributed by atoms with Gasteiger partial charge in [-0.2, -0.15) is 4.31 Å². The van der Waals surface area contributed by atoms with E-state index in [1.807, 2.05) is 63.2 Å². The van der Waals surface area contributed by atoms with Crippen LogP contribution < -0.4 is 10.6 Å². The molecule has 0 aromatic heterocycles. The first kappa shape index (κ1) is 36.9. The van der Waals surface area contributed by atoms with Crippen molar-refractivity contribution < 1.29 is 37.3 Å². The summed E-state index contributed by atoms with van der Waals surface area (Å²) in [6, 6.07) is 13.1. The van der Waals surface area contributed by atoms with Gasteiger partial charge >= 0.3 is 6.09 Å². The van der Waals surface area contributed by atoms with E-state index in [1.165, 1.54) is 16.4 Å². The predicted molar refractivity (Wildman–Crippen MR) is 185 cm³/mol. The third-order valence-electron chi connectivity index (χ3n) is 9.09. The van der Waals surface area contributed by atoms with E-state index < -0.39 is 40.3 Å². The molecule has 268 valence electrons. The number of ether oxygens (including phenoxy) is 3. The Labute approximate surface area is 289 Å². The van der Waals surface area contributed by atoms with Crippen LogP contribution in [-0.2, 0) is 35.4 Å². The molecule has 2 aromatic carbocycles. The van der Waals surface area contributed by atoms with E-state index in [0.29, 0.717) is 36.7 Å². The number of hydrogen-bond acceptors (Lipinski definition) is 10. The first-order valence-corrected chi connectivity index (χ1v) is 18.3. The summed E-state index contributed by atoms with van der Waals surface area (Å²) in [5, 5.41) is 17.3. The molecule has 6 unspecified atom stereocenters. The molecule has 2 aromatic rings. The summed E-state index contributed by atoms with van der Waals surface area (Å²) < 4.78 is 46.7. The number of aliphatic imine (C=N–C) groups is 1. The molecule has 3 heterocycles. The first-order valence-electron chi connectivity index (χ1n) is 16.9. The van der Waals surface area contributed by atoms with Crippen LogP contribution >= 0.6 is 0 Å². The minimum atomic E-state index is -4.16. The van der Waals surface area contributed by atoms with E-state index in [9.17, 15) is 23.1 Å². The Morgan fingerprint density at radius 2 is 1.90 bits per heavy atom. The summed E-state index contributed by atoms with van der Waals surface area (Å²) in [7, 11) is -0.275. The average Bonchev–Trinajstić information content (AvgIpc) is 3.75. The standard InChI is InChI=1S/C35H49N5O8S/c1-22(2)19-40(49(44,45)25-11-12-28-27(18-25)32(33(42)37-28)23(3)36-14-15-39(4)5)20-30(41)29(17-24-9-7-6-8-10-24)38-35(43)48-31-21-47-34-26(31)13-16-46-34/h6-12,18,22,26,29-32,34,41H,13-17,19-21H2,1-5H3,(H,37,42)(H,38,43). The number of sulfonamides is 1. The Kier molecular flexibility index (Phi) is 12.1. The number of nitrogens with one attached hydrogen (secondary N) is 2. The van der Waals surface area contributed by atoms with Crippen LogP contribution in [0.4, 0.5) is 10.5 Å². The molecule has 14 heteroatoms. The van der Waals surface area contributed by atoms with Crippen molar-refractivity contribution in [2.45, 2.75) is 69.0 Å². The van der Waals surface area contributed by atoms with Crippen LogP contribution in [0, 0.1) is 11.8 Å². The van der Waals surface area contributed by atoms with Gasteiger partial charge in [0.15, 0.2) is 6.29 Å². The first-order chi connectivity index (χ1) is 23.3. The van der Waals surface area contributed by atoms with Gasteiger partial charge in [0, 0.05) is 31.0 Å². The van der Waals surface area contributed by atoms with Gasteiger partial charge in [0.05, 0.1) is 42.7 Å². The highest BCUT2D eigenvalue weighted by atomic mass is 32.2. The molecule has 0 bridgehead atoms. The minimum Gasteiger partial charge on any atom is -0.443 e. The molecule has 0 radical (unpaired) electrons. The predicted octanol–water partition coefficient (Wildman–Crippen LogP) is 2.85. The average molecular weight is 700 g/mol. The number of amides is 2. The smallest absolute Gasteiger partial charge is 0.407 e. The Balaban J connectivity index is 1.36. The van der Waals surface area contributed by atoms with Crippen LogP contribution in [-0.4, -0.2) is 118 Å². The molecule has 13 nitrogen and oxygen atoms in total. The molecule has 3 aliphatic heterocycles. The number of carbonyl (C=O) groups is 2. The minimum absolute atomic E-state index is 0.00300. The molecule has 0 spiro atoms. The van der Waals surface area contributed by atoms with Crippen molar-refractivity contribution in [3.63, 3.8) is 0 Å². The van der Waals surface area contributed by atoms with Crippen LogP contribution in [0.2, 0.25) is 0 Å². The SMILES string of the molecule is CC(=NCCN(C)C)C1C(=O)Nc2ccc(S(=O)(=O)N(CC(C)C)CC(O)C(Cc3ccccc3)NC(=O)OC3COC4OCCC34)cc21. The zero-order chi connectivity index (χ0) is 35.3. The number of likely N-dealkylation sites (N-methyl/N-ethyl adjacent to an activating group) is 1. The van der Waals surface area contributed by atoms with Gasteiger partial charge in [0.25, 0.3) is 0 Å². The lowest BCUT2D eigenvalue weighted by Gasteiger charge is -2.31. The second kappa shape index (κ2) is 16.1. The molecular formula is C35H49N5O8S. The van der Waals surface area contributed by atoms with E-state index in [4.69, 9.17) is 14.2 Å². The van der Waals surface area contributed by atoms with Gasteiger partial charge in [-0.1, -0.05) is 44.2 Å². The number of hydrogen-bond donors (Lipinski definition) is 3. The highest BCUT2D eigenvalue weighted by molar-refractivity contribution is 7.89. The molecule has 2 fully saturated rings. The summed E-state index contributed by atoms with van der Waals surface area (Å²) in [6.07, 6.45) is -1.92. The number of alkyl carbamates (subject to hydrolysis) is 1. The fourth-order valence-electron chi connectivity index (χ4n) is 6.52. The van der Waals surface area contributed by atoms with Crippen LogP contribution in [0.25, 0.3) is 0 Å². The number of aliphatic hydroxyl groups is 1. The van der Waals surface area contributed by atoms with Crippen molar-refractivity contribution in [2.24, 2.45) is 16.8 Å². The normalized spacial score (nSPS) is 23.4. The molecule has 5 rings (SSSR count).